The van der Waals surface area contributed by atoms with E-state index in [1.54, 1.807) is 18.6 Å². The molecule has 0 bridgehead atoms. The molecule has 0 saturated heterocycles. The van der Waals surface area contributed by atoms with Crippen molar-refractivity contribution in [1.29, 1.82) is 0 Å². The number of rotatable bonds is 10. The van der Waals surface area contributed by atoms with Crippen LogP contribution in [0.25, 0.3) is 0 Å². The Morgan fingerprint density at radius 3 is 2.88 bits per heavy atom. The molecule has 0 unspecified atom stereocenters. The summed E-state index contributed by atoms with van der Waals surface area (Å²) in [6, 6.07) is 4.02. The molecule has 6 nitrogen and oxygen atoms in total. The van der Waals surface area contributed by atoms with Crippen LogP contribution in [0.3, 0.4) is 0 Å². The molecule has 0 aliphatic rings. The van der Waals surface area contributed by atoms with Gasteiger partial charge in [0, 0.05) is 30.6 Å². The number of hydrogen-bond acceptors (Lipinski definition) is 6. The maximum absolute atomic E-state index is 9.28. The number of aromatic nitrogens is 3. The molecule has 130 valence electrons. The van der Waals surface area contributed by atoms with Gasteiger partial charge in [0.15, 0.2) is 11.6 Å². The zero-order chi connectivity index (χ0) is 17.2. The highest BCUT2D eigenvalue weighted by atomic mass is 16.5. The summed E-state index contributed by atoms with van der Waals surface area (Å²) in [4.78, 5) is 12.8. The van der Waals surface area contributed by atoms with Crippen LogP contribution >= 0.6 is 0 Å². The second-order valence-corrected chi connectivity index (χ2v) is 5.78. The molecule has 0 radical (unpaired) electrons. The van der Waals surface area contributed by atoms with E-state index in [0.29, 0.717) is 30.4 Å². The van der Waals surface area contributed by atoms with Crippen LogP contribution in [-0.2, 0) is 6.61 Å². The average Bonchev–Trinajstić information content (AvgIpc) is 2.60. The van der Waals surface area contributed by atoms with Crippen molar-refractivity contribution in [3.8, 4) is 5.75 Å². The molecule has 2 rings (SSSR count). The fourth-order valence-electron chi connectivity index (χ4n) is 2.40. The first-order valence-electron chi connectivity index (χ1n) is 8.45. The predicted molar refractivity (Wildman–Crippen MR) is 94.0 cm³/mol. The minimum absolute atomic E-state index is 0.150. The first kappa shape index (κ1) is 18.1. The van der Waals surface area contributed by atoms with E-state index in [1.807, 2.05) is 19.1 Å². The van der Waals surface area contributed by atoms with Gasteiger partial charge in [-0.3, -0.25) is 4.98 Å². The molecule has 0 aliphatic carbocycles. The Morgan fingerprint density at radius 2 is 2.17 bits per heavy atom. The van der Waals surface area contributed by atoms with Crippen LogP contribution in [0.4, 0.5) is 5.82 Å². The topological polar surface area (TPSA) is 80.2 Å². The number of ether oxygens (including phenoxy) is 1. The van der Waals surface area contributed by atoms with Crippen molar-refractivity contribution < 1.29 is 9.84 Å². The van der Waals surface area contributed by atoms with Crippen molar-refractivity contribution in [3.05, 3.63) is 42.1 Å². The number of unbranched alkanes of at least 4 members (excludes halogenated alkanes) is 1. The lowest BCUT2D eigenvalue weighted by atomic mass is 10.1. The lowest BCUT2D eigenvalue weighted by molar-refractivity contribution is 0.275. The highest BCUT2D eigenvalue weighted by Crippen LogP contribution is 2.24. The molecule has 0 amide bonds. The van der Waals surface area contributed by atoms with Crippen LogP contribution in [0.15, 0.2) is 30.7 Å². The molecule has 2 N–H and O–H groups in total. The molecule has 0 aliphatic heterocycles. The number of aliphatic hydroxyl groups is 1. The normalized spacial score (nSPS) is 12.0. The van der Waals surface area contributed by atoms with Crippen LogP contribution in [0.1, 0.15) is 44.0 Å². The number of nitrogens with one attached hydrogen (secondary N) is 1. The molecule has 24 heavy (non-hydrogen) atoms. The zero-order valence-corrected chi connectivity index (χ0v) is 14.4. The van der Waals surface area contributed by atoms with Gasteiger partial charge in [-0.25, -0.2) is 9.97 Å². The summed E-state index contributed by atoms with van der Waals surface area (Å²) in [5.41, 5.74) is 0.988. The Labute approximate surface area is 143 Å². The maximum atomic E-state index is 9.28. The van der Waals surface area contributed by atoms with Crippen LogP contribution in [0.5, 0.6) is 5.75 Å². The van der Waals surface area contributed by atoms with E-state index in [0.717, 1.165) is 24.8 Å². The SMILES string of the molecule is CCCC[C@@H](CCO)Nc1nc(C)ncc1OCc1cccnc1. The summed E-state index contributed by atoms with van der Waals surface area (Å²) < 4.78 is 5.87. The molecule has 6 heteroatoms. The number of anilines is 1. The highest BCUT2D eigenvalue weighted by molar-refractivity contribution is 5.49. The zero-order valence-electron chi connectivity index (χ0n) is 14.4. The number of aryl methyl sites for hydroxylation is 1. The molecule has 1 atom stereocenters. The monoisotopic (exact) mass is 330 g/mol. The number of nitrogens with zero attached hydrogens (tertiary/aromatic N) is 3. The summed E-state index contributed by atoms with van der Waals surface area (Å²) in [7, 11) is 0. The van der Waals surface area contributed by atoms with E-state index in [1.165, 1.54) is 0 Å². The minimum atomic E-state index is 0.150. The van der Waals surface area contributed by atoms with E-state index < -0.39 is 0 Å². The van der Waals surface area contributed by atoms with Gasteiger partial charge < -0.3 is 15.2 Å². The summed E-state index contributed by atoms with van der Waals surface area (Å²) in [6.07, 6.45) is 9.10. The van der Waals surface area contributed by atoms with E-state index >= 15 is 0 Å². The molecule has 0 fully saturated rings. The third-order valence-corrected chi connectivity index (χ3v) is 3.72. The van der Waals surface area contributed by atoms with Crippen LogP contribution in [0.2, 0.25) is 0 Å². The van der Waals surface area contributed by atoms with Gasteiger partial charge >= 0.3 is 0 Å². The van der Waals surface area contributed by atoms with Gasteiger partial charge in [0.05, 0.1) is 6.20 Å². The first-order valence-corrected chi connectivity index (χ1v) is 8.45. The number of pyridine rings is 1. The van der Waals surface area contributed by atoms with Crippen LogP contribution < -0.4 is 10.1 Å². The summed E-state index contributed by atoms with van der Waals surface area (Å²) in [6.45, 7) is 4.57. The van der Waals surface area contributed by atoms with Gasteiger partial charge in [0.1, 0.15) is 12.4 Å². The lowest BCUT2D eigenvalue weighted by Gasteiger charge is -2.20. The lowest BCUT2D eigenvalue weighted by Crippen LogP contribution is -2.22. The maximum Gasteiger partial charge on any atom is 0.180 e. The fourth-order valence-corrected chi connectivity index (χ4v) is 2.40. The third-order valence-electron chi connectivity index (χ3n) is 3.72. The standard InChI is InChI=1S/C18H26N4O2/c1-3-4-7-16(8-10-23)22-18-17(12-20-14(2)21-18)24-13-15-6-5-9-19-11-15/h5-6,9,11-12,16,23H,3-4,7-8,10,13H2,1-2H3,(H,20,21,22)/t16-/m0/s1. The quantitative estimate of drug-likeness (QED) is 0.697. The molecule has 0 saturated carbocycles. The van der Waals surface area contributed by atoms with Gasteiger partial charge in [0.25, 0.3) is 0 Å². The molecule has 0 aromatic carbocycles. The third kappa shape index (κ3) is 5.77. The highest BCUT2D eigenvalue weighted by Gasteiger charge is 2.13. The van der Waals surface area contributed by atoms with Gasteiger partial charge in [-0.15, -0.1) is 0 Å². The molecule has 0 spiro atoms. The Bertz CT molecular complexity index is 607. The van der Waals surface area contributed by atoms with Crippen molar-refractivity contribution in [1.82, 2.24) is 15.0 Å². The molecule has 2 heterocycles. The molecule has 2 aromatic rings. The van der Waals surface area contributed by atoms with Gasteiger partial charge in [-0.2, -0.15) is 0 Å². The first-order chi connectivity index (χ1) is 11.7. The largest absolute Gasteiger partial charge is 0.483 e. The van der Waals surface area contributed by atoms with Crippen LogP contribution in [-0.4, -0.2) is 32.7 Å². The van der Waals surface area contributed by atoms with Crippen molar-refractivity contribution in [3.63, 3.8) is 0 Å². The Balaban J connectivity index is 2.08. The van der Waals surface area contributed by atoms with E-state index in [4.69, 9.17) is 4.74 Å². The van der Waals surface area contributed by atoms with Crippen LogP contribution in [0, 0.1) is 6.92 Å². The number of hydrogen-bond donors (Lipinski definition) is 2. The van der Waals surface area contributed by atoms with E-state index in [-0.39, 0.29) is 12.6 Å². The van der Waals surface area contributed by atoms with E-state index in [2.05, 4.69) is 27.2 Å². The molecule has 2 aromatic heterocycles. The smallest absolute Gasteiger partial charge is 0.180 e. The fraction of sp³-hybridized carbons (Fsp3) is 0.500. The number of aliphatic hydroxyl groups excluding tert-OH is 1. The second kappa shape index (κ2) is 9.82. The predicted octanol–water partition coefficient (Wildman–Crippen LogP) is 3.11. The van der Waals surface area contributed by atoms with Gasteiger partial charge in [-0.1, -0.05) is 25.8 Å². The summed E-state index contributed by atoms with van der Waals surface area (Å²) >= 11 is 0. The Morgan fingerprint density at radius 1 is 1.29 bits per heavy atom. The van der Waals surface area contributed by atoms with Crippen molar-refractivity contribution in [2.75, 3.05) is 11.9 Å². The van der Waals surface area contributed by atoms with Crippen molar-refractivity contribution in [2.45, 2.75) is 52.2 Å². The van der Waals surface area contributed by atoms with Crippen molar-refractivity contribution >= 4 is 5.82 Å². The average molecular weight is 330 g/mol. The van der Waals surface area contributed by atoms with Gasteiger partial charge in [-0.05, 0) is 25.8 Å². The summed E-state index contributed by atoms with van der Waals surface area (Å²) in [5, 5.41) is 12.7. The minimum Gasteiger partial charge on any atom is -0.483 e. The van der Waals surface area contributed by atoms with Crippen molar-refractivity contribution in [2.24, 2.45) is 0 Å². The molecular formula is C18H26N4O2. The Kier molecular flexibility index (Phi) is 7.42. The van der Waals surface area contributed by atoms with E-state index in [9.17, 15) is 5.11 Å². The van der Waals surface area contributed by atoms with Gasteiger partial charge in [0.2, 0.25) is 0 Å². The Hall–Kier alpha value is -2.21. The summed E-state index contributed by atoms with van der Waals surface area (Å²) in [5.74, 6) is 1.98. The molecular weight excluding hydrogens is 304 g/mol. The second-order valence-electron chi connectivity index (χ2n) is 5.78.